The number of aliphatic carboxylic acids is 1. The van der Waals surface area contributed by atoms with Gasteiger partial charge in [-0.1, -0.05) is 38.2 Å². The number of urea groups is 1. The van der Waals surface area contributed by atoms with E-state index in [-0.39, 0.29) is 12.1 Å². The number of carboxylic acid groups (broad SMARTS) is 1. The first-order valence-electron chi connectivity index (χ1n) is 7.50. The minimum atomic E-state index is -1.04. The number of hydrogen-bond donors (Lipinski definition) is 3. The summed E-state index contributed by atoms with van der Waals surface area (Å²) in [7, 11) is 0. The molecule has 0 saturated heterocycles. The summed E-state index contributed by atoms with van der Waals surface area (Å²) < 4.78 is 0. The number of thiophene rings is 1. The Kier molecular flexibility index (Phi) is 6.04. The van der Waals surface area contributed by atoms with Crippen LogP contribution in [0.25, 0.3) is 0 Å². The van der Waals surface area contributed by atoms with Crippen molar-refractivity contribution in [1.82, 2.24) is 10.6 Å². The summed E-state index contributed by atoms with van der Waals surface area (Å²) in [6.07, 6.45) is 7.91. The van der Waals surface area contributed by atoms with Crippen LogP contribution in [0.5, 0.6) is 0 Å². The van der Waals surface area contributed by atoms with Gasteiger partial charge in [0.2, 0.25) is 0 Å². The summed E-state index contributed by atoms with van der Waals surface area (Å²) >= 11 is 1.33. The van der Waals surface area contributed by atoms with Crippen LogP contribution in [0.1, 0.15) is 55.9 Å². The van der Waals surface area contributed by atoms with Gasteiger partial charge in [0.25, 0.3) is 0 Å². The smallest absolute Gasteiger partial charge is 0.331 e. The normalized spacial score (nSPS) is 18.3. The maximum Gasteiger partial charge on any atom is 0.331 e. The molecule has 1 aliphatic carbocycles. The average molecular weight is 310 g/mol. The predicted molar refractivity (Wildman–Crippen MR) is 82.5 cm³/mol. The molecular formula is C15H22N2O3S. The van der Waals surface area contributed by atoms with E-state index >= 15 is 0 Å². The van der Waals surface area contributed by atoms with Crippen molar-refractivity contribution in [2.75, 3.05) is 0 Å². The maximum absolute atomic E-state index is 12.0. The SMILES string of the molecule is O=C(NC1CCCCCCC1)NC(C(=O)O)c1cccs1. The van der Waals surface area contributed by atoms with Gasteiger partial charge in [0, 0.05) is 10.9 Å². The molecule has 0 aliphatic heterocycles. The lowest BCUT2D eigenvalue weighted by atomic mass is 9.97. The fraction of sp³-hybridized carbons (Fsp3) is 0.600. The van der Waals surface area contributed by atoms with Gasteiger partial charge in [0.1, 0.15) is 0 Å². The van der Waals surface area contributed by atoms with Crippen LogP contribution >= 0.6 is 11.3 Å². The molecule has 1 aromatic rings. The Hall–Kier alpha value is -1.56. The molecule has 6 heteroatoms. The molecule has 1 unspecified atom stereocenters. The molecule has 116 valence electrons. The van der Waals surface area contributed by atoms with E-state index in [0.29, 0.717) is 4.88 Å². The molecule has 0 spiro atoms. The van der Waals surface area contributed by atoms with Crippen LogP contribution in [0, 0.1) is 0 Å². The quantitative estimate of drug-likeness (QED) is 0.798. The number of nitrogens with one attached hydrogen (secondary N) is 2. The number of amides is 2. The van der Waals surface area contributed by atoms with Crippen LogP contribution in [-0.2, 0) is 4.79 Å². The summed E-state index contributed by atoms with van der Waals surface area (Å²) in [6, 6.07) is 2.30. The molecular weight excluding hydrogens is 288 g/mol. The van der Waals surface area contributed by atoms with Crippen molar-refractivity contribution in [3.63, 3.8) is 0 Å². The first kappa shape index (κ1) is 15.8. The maximum atomic E-state index is 12.0. The van der Waals surface area contributed by atoms with Gasteiger partial charge < -0.3 is 15.7 Å². The van der Waals surface area contributed by atoms with Gasteiger partial charge in [0.05, 0.1) is 0 Å². The Morgan fingerprint density at radius 3 is 2.43 bits per heavy atom. The summed E-state index contributed by atoms with van der Waals surface area (Å²) in [6.45, 7) is 0. The Balaban J connectivity index is 1.88. The van der Waals surface area contributed by atoms with Gasteiger partial charge in [0.15, 0.2) is 6.04 Å². The summed E-state index contributed by atoms with van der Waals surface area (Å²) in [5, 5.41) is 16.5. The van der Waals surface area contributed by atoms with Crippen molar-refractivity contribution < 1.29 is 14.7 Å². The molecule has 1 heterocycles. The Morgan fingerprint density at radius 2 is 1.86 bits per heavy atom. The van der Waals surface area contributed by atoms with Gasteiger partial charge in [-0.25, -0.2) is 9.59 Å². The number of carboxylic acids is 1. The number of hydrogen-bond acceptors (Lipinski definition) is 3. The third-order valence-electron chi connectivity index (χ3n) is 3.79. The van der Waals surface area contributed by atoms with E-state index < -0.39 is 12.0 Å². The number of carbonyl (C=O) groups is 2. The van der Waals surface area contributed by atoms with Gasteiger partial charge in [-0.3, -0.25) is 0 Å². The lowest BCUT2D eigenvalue weighted by molar-refractivity contribution is -0.139. The zero-order valence-corrected chi connectivity index (χ0v) is 12.8. The van der Waals surface area contributed by atoms with Crippen molar-refractivity contribution in [1.29, 1.82) is 0 Å². The molecule has 1 aliphatic rings. The largest absolute Gasteiger partial charge is 0.479 e. The van der Waals surface area contributed by atoms with Crippen molar-refractivity contribution in [2.24, 2.45) is 0 Å². The average Bonchev–Trinajstić information content (AvgIpc) is 2.92. The number of carbonyl (C=O) groups excluding carboxylic acids is 1. The van der Waals surface area contributed by atoms with E-state index in [9.17, 15) is 14.7 Å². The van der Waals surface area contributed by atoms with Crippen LogP contribution in [0.2, 0.25) is 0 Å². The molecule has 21 heavy (non-hydrogen) atoms. The summed E-state index contributed by atoms with van der Waals surface area (Å²) in [5.41, 5.74) is 0. The van der Waals surface area contributed by atoms with E-state index in [1.165, 1.54) is 30.6 Å². The van der Waals surface area contributed by atoms with Crippen LogP contribution in [0.3, 0.4) is 0 Å². The molecule has 2 amide bonds. The van der Waals surface area contributed by atoms with E-state index in [1.807, 2.05) is 0 Å². The zero-order chi connectivity index (χ0) is 15.1. The lowest BCUT2D eigenvalue weighted by Crippen LogP contribution is -2.45. The fourth-order valence-corrected chi connectivity index (χ4v) is 3.44. The van der Waals surface area contributed by atoms with Crippen LogP contribution < -0.4 is 10.6 Å². The molecule has 5 nitrogen and oxygen atoms in total. The third-order valence-corrected chi connectivity index (χ3v) is 4.73. The van der Waals surface area contributed by atoms with Crippen LogP contribution in [-0.4, -0.2) is 23.1 Å². The van der Waals surface area contributed by atoms with Crippen molar-refractivity contribution >= 4 is 23.3 Å². The van der Waals surface area contributed by atoms with Gasteiger partial charge >= 0.3 is 12.0 Å². The van der Waals surface area contributed by atoms with Crippen molar-refractivity contribution in [3.8, 4) is 0 Å². The molecule has 1 atom stereocenters. The molecule has 1 saturated carbocycles. The lowest BCUT2D eigenvalue weighted by Gasteiger charge is -2.22. The first-order chi connectivity index (χ1) is 10.2. The Bertz CT molecular complexity index is 453. The molecule has 2 rings (SSSR count). The molecule has 0 aromatic carbocycles. The van der Waals surface area contributed by atoms with Gasteiger partial charge in [-0.05, 0) is 24.3 Å². The highest BCUT2D eigenvalue weighted by Gasteiger charge is 2.24. The van der Waals surface area contributed by atoms with E-state index in [1.54, 1.807) is 17.5 Å². The zero-order valence-electron chi connectivity index (χ0n) is 12.0. The highest BCUT2D eigenvalue weighted by atomic mass is 32.1. The molecule has 1 fully saturated rings. The molecule has 0 bridgehead atoms. The predicted octanol–water partition coefficient (Wildman–Crippen LogP) is 3.29. The second-order valence-corrected chi connectivity index (χ2v) is 6.43. The Morgan fingerprint density at radius 1 is 1.19 bits per heavy atom. The monoisotopic (exact) mass is 310 g/mol. The van der Waals surface area contributed by atoms with Crippen molar-refractivity contribution in [3.05, 3.63) is 22.4 Å². The highest BCUT2D eigenvalue weighted by Crippen LogP contribution is 2.20. The minimum absolute atomic E-state index is 0.156. The summed E-state index contributed by atoms with van der Waals surface area (Å²) in [5.74, 6) is -1.04. The number of rotatable bonds is 4. The van der Waals surface area contributed by atoms with E-state index in [2.05, 4.69) is 10.6 Å². The summed E-state index contributed by atoms with van der Waals surface area (Å²) in [4.78, 5) is 24.0. The second kappa shape index (κ2) is 8.02. The van der Waals surface area contributed by atoms with Crippen molar-refractivity contribution in [2.45, 2.75) is 57.0 Å². The first-order valence-corrected chi connectivity index (χ1v) is 8.38. The second-order valence-electron chi connectivity index (χ2n) is 5.45. The molecule has 3 N–H and O–H groups in total. The fourth-order valence-electron chi connectivity index (χ4n) is 2.67. The van der Waals surface area contributed by atoms with Gasteiger partial charge in [-0.15, -0.1) is 11.3 Å². The van der Waals surface area contributed by atoms with Crippen LogP contribution in [0.15, 0.2) is 17.5 Å². The van der Waals surface area contributed by atoms with Gasteiger partial charge in [-0.2, -0.15) is 0 Å². The molecule has 0 radical (unpaired) electrons. The third kappa shape index (κ3) is 5.04. The van der Waals surface area contributed by atoms with E-state index in [0.717, 1.165) is 25.7 Å². The van der Waals surface area contributed by atoms with Crippen LogP contribution in [0.4, 0.5) is 4.79 Å². The Labute approximate surface area is 128 Å². The molecule has 1 aromatic heterocycles. The minimum Gasteiger partial charge on any atom is -0.479 e. The van der Waals surface area contributed by atoms with E-state index in [4.69, 9.17) is 0 Å². The standard InChI is InChI=1S/C15H22N2O3S/c18-14(19)13(12-9-6-10-21-12)17-15(20)16-11-7-4-2-1-3-5-8-11/h6,9-11,13H,1-5,7-8H2,(H,18,19)(H2,16,17,20). The highest BCUT2D eigenvalue weighted by molar-refractivity contribution is 7.10. The topological polar surface area (TPSA) is 78.4 Å².